The highest BCUT2D eigenvalue weighted by Gasteiger charge is 2.19. The maximum atomic E-state index is 12.8. The summed E-state index contributed by atoms with van der Waals surface area (Å²) >= 11 is 0. The number of halogens is 1. The molecule has 0 unspecified atom stereocenters. The average Bonchev–Trinajstić information content (AvgIpc) is 2.57. The number of piperidine rings is 1. The first-order valence-corrected chi connectivity index (χ1v) is 7.79. The summed E-state index contributed by atoms with van der Waals surface area (Å²) in [5, 5.41) is 0. The fourth-order valence-electron chi connectivity index (χ4n) is 2.80. The number of benzene rings is 1. The van der Waals surface area contributed by atoms with Gasteiger partial charge in [0.1, 0.15) is 11.6 Å². The molecule has 0 aliphatic carbocycles. The molecule has 0 saturated carbocycles. The Bertz CT molecular complexity index is 569. The molecule has 0 bridgehead atoms. The molecular formula is C18H23FN2O2. The lowest BCUT2D eigenvalue weighted by molar-refractivity contribution is 0.136. The second-order valence-corrected chi connectivity index (χ2v) is 5.84. The summed E-state index contributed by atoms with van der Waals surface area (Å²) in [6.07, 6.45) is 5.98. The number of likely N-dealkylation sites (tertiary alicyclic amines) is 1. The van der Waals surface area contributed by atoms with Crippen molar-refractivity contribution in [3.8, 4) is 5.75 Å². The van der Waals surface area contributed by atoms with E-state index >= 15 is 0 Å². The Balaban J connectivity index is 0.00000192. The lowest BCUT2D eigenvalue weighted by Crippen LogP contribution is -2.35. The number of hydrogen-bond acceptors (Lipinski definition) is 3. The molecule has 1 aromatic heterocycles. The highest BCUT2D eigenvalue weighted by Crippen LogP contribution is 2.21. The number of ether oxygens (including phenoxy) is 1. The Morgan fingerprint density at radius 1 is 1.04 bits per heavy atom. The fourth-order valence-corrected chi connectivity index (χ4v) is 2.80. The van der Waals surface area contributed by atoms with E-state index in [-0.39, 0.29) is 11.3 Å². The first kappa shape index (κ1) is 17.4. The monoisotopic (exact) mass is 318 g/mol. The molecule has 0 atom stereocenters. The van der Waals surface area contributed by atoms with Gasteiger partial charge in [0.2, 0.25) is 0 Å². The molecule has 2 aromatic rings. The van der Waals surface area contributed by atoms with Crippen molar-refractivity contribution in [2.45, 2.75) is 19.4 Å². The molecular weight excluding hydrogens is 295 g/mol. The van der Waals surface area contributed by atoms with Crippen LogP contribution in [0.15, 0.2) is 48.8 Å². The summed E-state index contributed by atoms with van der Waals surface area (Å²) in [7, 11) is 0. The first-order valence-electron chi connectivity index (χ1n) is 7.79. The second-order valence-electron chi connectivity index (χ2n) is 5.84. The summed E-state index contributed by atoms with van der Waals surface area (Å²) in [6.45, 7) is 3.91. The predicted octanol–water partition coefficient (Wildman–Crippen LogP) is 2.69. The van der Waals surface area contributed by atoms with Gasteiger partial charge >= 0.3 is 0 Å². The van der Waals surface area contributed by atoms with Crippen LogP contribution in [0.4, 0.5) is 4.39 Å². The maximum Gasteiger partial charge on any atom is 0.123 e. The van der Waals surface area contributed by atoms with Gasteiger partial charge in [-0.05, 0) is 73.8 Å². The number of rotatable bonds is 5. The van der Waals surface area contributed by atoms with E-state index in [1.807, 2.05) is 12.4 Å². The van der Waals surface area contributed by atoms with Gasteiger partial charge in [-0.15, -0.1) is 0 Å². The van der Waals surface area contributed by atoms with Gasteiger partial charge in [0.05, 0.1) is 6.61 Å². The van der Waals surface area contributed by atoms with Gasteiger partial charge in [-0.3, -0.25) is 9.88 Å². The minimum atomic E-state index is -0.225. The van der Waals surface area contributed by atoms with E-state index in [1.165, 1.54) is 17.7 Å². The Hall–Kier alpha value is -1.98. The van der Waals surface area contributed by atoms with Crippen LogP contribution in [0, 0.1) is 11.7 Å². The standard InChI is InChI=1S/C18H21FN2O.H2O/c19-17-1-3-18(4-2-17)22-14-16-7-11-21(12-8-16)13-15-5-9-20-10-6-15;/h1-6,9-10,16H,7-8,11-14H2;1H2. The molecule has 4 nitrogen and oxygen atoms in total. The van der Waals surface area contributed by atoms with Gasteiger partial charge in [0, 0.05) is 18.9 Å². The smallest absolute Gasteiger partial charge is 0.123 e. The molecule has 3 rings (SSSR count). The molecule has 1 saturated heterocycles. The van der Waals surface area contributed by atoms with E-state index in [1.54, 1.807) is 12.1 Å². The Labute approximate surface area is 136 Å². The molecule has 0 amide bonds. The van der Waals surface area contributed by atoms with Crippen molar-refractivity contribution >= 4 is 0 Å². The first-order chi connectivity index (χ1) is 10.8. The Kier molecular flexibility index (Phi) is 6.50. The third-order valence-electron chi connectivity index (χ3n) is 4.16. The minimum Gasteiger partial charge on any atom is -0.493 e. The Morgan fingerprint density at radius 3 is 2.35 bits per heavy atom. The van der Waals surface area contributed by atoms with E-state index < -0.39 is 0 Å². The van der Waals surface area contributed by atoms with Gasteiger partial charge in [-0.2, -0.15) is 0 Å². The quantitative estimate of drug-likeness (QED) is 0.851. The molecule has 124 valence electrons. The maximum absolute atomic E-state index is 12.8. The van der Waals surface area contributed by atoms with E-state index in [2.05, 4.69) is 22.0 Å². The molecule has 1 fully saturated rings. The van der Waals surface area contributed by atoms with Gasteiger partial charge in [-0.1, -0.05) is 0 Å². The van der Waals surface area contributed by atoms with Gasteiger partial charge in [0.25, 0.3) is 0 Å². The van der Waals surface area contributed by atoms with Crippen LogP contribution in [0.5, 0.6) is 5.75 Å². The molecule has 0 radical (unpaired) electrons. The lowest BCUT2D eigenvalue weighted by Gasteiger charge is -2.31. The van der Waals surface area contributed by atoms with E-state index in [4.69, 9.17) is 4.74 Å². The van der Waals surface area contributed by atoms with Crippen LogP contribution in [-0.4, -0.2) is 35.1 Å². The fraction of sp³-hybridized carbons (Fsp3) is 0.389. The predicted molar refractivity (Wildman–Crippen MR) is 87.7 cm³/mol. The van der Waals surface area contributed by atoms with Crippen LogP contribution >= 0.6 is 0 Å². The van der Waals surface area contributed by atoms with Crippen molar-refractivity contribution in [2.24, 2.45) is 5.92 Å². The van der Waals surface area contributed by atoms with Crippen molar-refractivity contribution in [3.63, 3.8) is 0 Å². The zero-order chi connectivity index (χ0) is 15.2. The third kappa shape index (κ3) is 5.30. The number of pyridine rings is 1. The topological polar surface area (TPSA) is 56.9 Å². The van der Waals surface area contributed by atoms with Crippen molar-refractivity contribution < 1.29 is 14.6 Å². The lowest BCUT2D eigenvalue weighted by atomic mass is 9.97. The van der Waals surface area contributed by atoms with Crippen molar-refractivity contribution in [3.05, 3.63) is 60.2 Å². The number of nitrogens with zero attached hydrogens (tertiary/aromatic N) is 2. The summed E-state index contributed by atoms with van der Waals surface area (Å²) in [5.74, 6) is 1.11. The molecule has 2 N–H and O–H groups in total. The van der Waals surface area contributed by atoms with Gasteiger partial charge < -0.3 is 10.2 Å². The summed E-state index contributed by atoms with van der Waals surface area (Å²) < 4.78 is 18.6. The second kappa shape index (κ2) is 8.60. The molecule has 1 aromatic carbocycles. The van der Waals surface area contributed by atoms with Crippen LogP contribution in [0.25, 0.3) is 0 Å². The SMILES string of the molecule is Fc1ccc(OCC2CCN(Cc3ccncc3)CC2)cc1.O. The summed E-state index contributed by atoms with van der Waals surface area (Å²) in [5.41, 5.74) is 1.32. The van der Waals surface area contributed by atoms with E-state index in [9.17, 15) is 4.39 Å². The molecule has 0 spiro atoms. The van der Waals surface area contributed by atoms with Crippen molar-refractivity contribution in [1.29, 1.82) is 0 Å². The molecule has 23 heavy (non-hydrogen) atoms. The third-order valence-corrected chi connectivity index (χ3v) is 4.16. The normalized spacial score (nSPS) is 15.9. The minimum absolute atomic E-state index is 0. The number of aromatic nitrogens is 1. The van der Waals surface area contributed by atoms with E-state index in [0.29, 0.717) is 12.5 Å². The largest absolute Gasteiger partial charge is 0.493 e. The highest BCUT2D eigenvalue weighted by molar-refractivity contribution is 5.22. The summed E-state index contributed by atoms with van der Waals surface area (Å²) in [4.78, 5) is 6.53. The highest BCUT2D eigenvalue weighted by atomic mass is 19.1. The number of hydrogen-bond donors (Lipinski definition) is 0. The van der Waals surface area contributed by atoms with Gasteiger partial charge in [-0.25, -0.2) is 4.39 Å². The molecule has 5 heteroatoms. The van der Waals surface area contributed by atoms with Crippen LogP contribution in [0.1, 0.15) is 18.4 Å². The van der Waals surface area contributed by atoms with Crippen LogP contribution < -0.4 is 4.74 Å². The van der Waals surface area contributed by atoms with Crippen LogP contribution in [0.2, 0.25) is 0 Å². The zero-order valence-electron chi connectivity index (χ0n) is 13.1. The zero-order valence-corrected chi connectivity index (χ0v) is 13.1. The van der Waals surface area contributed by atoms with Crippen molar-refractivity contribution in [2.75, 3.05) is 19.7 Å². The van der Waals surface area contributed by atoms with E-state index in [0.717, 1.165) is 38.2 Å². The van der Waals surface area contributed by atoms with Gasteiger partial charge in [0.15, 0.2) is 0 Å². The molecule has 2 heterocycles. The van der Waals surface area contributed by atoms with Crippen molar-refractivity contribution in [1.82, 2.24) is 9.88 Å². The van der Waals surface area contributed by atoms with Crippen LogP contribution in [0.3, 0.4) is 0 Å². The summed E-state index contributed by atoms with van der Waals surface area (Å²) in [6, 6.07) is 10.4. The molecule has 1 aliphatic rings. The molecule has 1 aliphatic heterocycles. The average molecular weight is 318 g/mol. The van der Waals surface area contributed by atoms with Crippen LogP contribution in [-0.2, 0) is 6.54 Å². The Morgan fingerprint density at radius 2 is 1.70 bits per heavy atom.